The monoisotopic (exact) mass is 372 g/mol. The van der Waals surface area contributed by atoms with Crippen molar-refractivity contribution in [3.8, 4) is 17.2 Å². The SMILES string of the molecule is Cn1cc(CN2C[C@H]3C[C@@H](Oc4ccc5c(c4)OCO5)[C@H](O)C[C@H]3C2)nn1. The summed E-state index contributed by atoms with van der Waals surface area (Å²) < 4.78 is 18.6. The zero-order valence-electron chi connectivity index (χ0n) is 15.3. The minimum atomic E-state index is -0.451. The maximum atomic E-state index is 10.6. The van der Waals surface area contributed by atoms with Crippen LogP contribution in [0.3, 0.4) is 0 Å². The number of aliphatic hydroxyl groups excluding tert-OH is 1. The Kier molecular flexibility index (Phi) is 4.17. The summed E-state index contributed by atoms with van der Waals surface area (Å²) in [6.07, 6.45) is 2.95. The van der Waals surface area contributed by atoms with Gasteiger partial charge in [-0.15, -0.1) is 5.10 Å². The molecule has 0 bridgehead atoms. The highest BCUT2D eigenvalue weighted by Crippen LogP contribution is 2.40. The third kappa shape index (κ3) is 3.35. The number of aromatic nitrogens is 3. The molecule has 5 rings (SSSR count). The summed E-state index contributed by atoms with van der Waals surface area (Å²) in [5.74, 6) is 3.20. The Hall–Kier alpha value is -2.32. The Morgan fingerprint density at radius 2 is 2.00 bits per heavy atom. The lowest BCUT2D eigenvalue weighted by Gasteiger charge is -2.35. The van der Waals surface area contributed by atoms with Crippen LogP contribution in [0.15, 0.2) is 24.4 Å². The summed E-state index contributed by atoms with van der Waals surface area (Å²) in [6, 6.07) is 5.57. The van der Waals surface area contributed by atoms with Crippen LogP contribution in [0.5, 0.6) is 17.2 Å². The van der Waals surface area contributed by atoms with Gasteiger partial charge in [0, 0.05) is 38.9 Å². The third-order valence-electron chi connectivity index (χ3n) is 5.83. The zero-order chi connectivity index (χ0) is 18.4. The van der Waals surface area contributed by atoms with Crippen LogP contribution < -0.4 is 14.2 Å². The molecule has 3 aliphatic rings. The van der Waals surface area contributed by atoms with Gasteiger partial charge in [0.2, 0.25) is 6.79 Å². The van der Waals surface area contributed by atoms with Gasteiger partial charge in [-0.25, -0.2) is 0 Å². The molecule has 3 heterocycles. The van der Waals surface area contributed by atoms with Crippen molar-refractivity contribution in [1.29, 1.82) is 0 Å². The lowest BCUT2D eigenvalue weighted by molar-refractivity contribution is -0.0232. The molecule has 144 valence electrons. The number of aliphatic hydroxyl groups is 1. The van der Waals surface area contributed by atoms with E-state index in [9.17, 15) is 5.11 Å². The van der Waals surface area contributed by atoms with Crippen LogP contribution in [0.4, 0.5) is 0 Å². The number of benzene rings is 1. The van der Waals surface area contributed by atoms with Crippen LogP contribution in [0.25, 0.3) is 0 Å². The highest BCUT2D eigenvalue weighted by Gasteiger charge is 2.42. The van der Waals surface area contributed by atoms with E-state index in [2.05, 4.69) is 15.2 Å². The summed E-state index contributed by atoms with van der Waals surface area (Å²) in [6.45, 7) is 3.06. The van der Waals surface area contributed by atoms with Crippen LogP contribution in [0.2, 0.25) is 0 Å². The summed E-state index contributed by atoms with van der Waals surface area (Å²) in [7, 11) is 1.88. The normalized spacial score (nSPS) is 29.7. The van der Waals surface area contributed by atoms with E-state index in [4.69, 9.17) is 14.2 Å². The summed E-state index contributed by atoms with van der Waals surface area (Å²) in [5.41, 5.74) is 0.991. The van der Waals surface area contributed by atoms with E-state index in [1.165, 1.54) is 0 Å². The van der Waals surface area contributed by atoms with E-state index in [-0.39, 0.29) is 12.9 Å². The zero-order valence-corrected chi connectivity index (χ0v) is 15.3. The number of hydrogen-bond acceptors (Lipinski definition) is 7. The van der Waals surface area contributed by atoms with E-state index >= 15 is 0 Å². The van der Waals surface area contributed by atoms with Crippen LogP contribution in [-0.2, 0) is 13.6 Å². The molecule has 1 aliphatic carbocycles. The average molecular weight is 372 g/mol. The third-order valence-corrected chi connectivity index (χ3v) is 5.83. The standard InChI is InChI=1S/C19H24N4O4/c1-22-9-14(20-21-22)10-23-7-12-4-16(24)18(5-13(12)8-23)27-15-2-3-17-19(6-15)26-11-25-17/h2-3,6,9,12-13,16,18,24H,4-5,7-8,10-11H2,1H3/t12-,13+,16+,18+/m0/s1. The van der Waals surface area contributed by atoms with Crippen molar-refractivity contribution in [2.45, 2.75) is 31.6 Å². The van der Waals surface area contributed by atoms with Gasteiger partial charge in [0.15, 0.2) is 11.5 Å². The van der Waals surface area contributed by atoms with Gasteiger partial charge in [-0.2, -0.15) is 0 Å². The van der Waals surface area contributed by atoms with Crippen LogP contribution >= 0.6 is 0 Å². The number of likely N-dealkylation sites (tertiary alicyclic amines) is 1. The van der Waals surface area contributed by atoms with Gasteiger partial charge < -0.3 is 19.3 Å². The molecule has 2 fully saturated rings. The first-order valence-electron chi connectivity index (χ1n) is 9.46. The molecule has 1 N–H and O–H groups in total. The number of aryl methyl sites for hydroxylation is 1. The van der Waals surface area contributed by atoms with Crippen molar-refractivity contribution in [3.05, 3.63) is 30.1 Å². The number of ether oxygens (including phenoxy) is 3. The maximum absolute atomic E-state index is 10.6. The number of nitrogens with zero attached hydrogens (tertiary/aromatic N) is 4. The van der Waals surface area contributed by atoms with Gasteiger partial charge in [-0.05, 0) is 36.8 Å². The Bertz CT molecular complexity index is 826. The topological polar surface area (TPSA) is 81.9 Å². The van der Waals surface area contributed by atoms with E-state index in [1.54, 1.807) is 4.68 Å². The average Bonchev–Trinajstić information content (AvgIpc) is 3.35. The molecule has 0 amide bonds. The molecule has 27 heavy (non-hydrogen) atoms. The summed E-state index contributed by atoms with van der Waals surface area (Å²) >= 11 is 0. The van der Waals surface area contributed by atoms with Crippen molar-refractivity contribution >= 4 is 0 Å². The number of rotatable bonds is 4. The second-order valence-corrected chi connectivity index (χ2v) is 7.81. The summed E-state index contributed by atoms with van der Waals surface area (Å²) in [5, 5.41) is 18.8. The van der Waals surface area contributed by atoms with Gasteiger partial charge in [-0.3, -0.25) is 9.58 Å². The van der Waals surface area contributed by atoms with Crippen LogP contribution in [-0.4, -0.2) is 57.1 Å². The number of fused-ring (bicyclic) bond motifs is 2. The number of hydrogen-bond donors (Lipinski definition) is 1. The Labute approximate surface area is 157 Å². The Balaban J connectivity index is 1.22. The van der Waals surface area contributed by atoms with Crippen molar-refractivity contribution in [1.82, 2.24) is 19.9 Å². The molecular weight excluding hydrogens is 348 g/mol. The van der Waals surface area contributed by atoms with Crippen molar-refractivity contribution < 1.29 is 19.3 Å². The van der Waals surface area contributed by atoms with Crippen LogP contribution in [0.1, 0.15) is 18.5 Å². The smallest absolute Gasteiger partial charge is 0.231 e. The fourth-order valence-corrected chi connectivity index (χ4v) is 4.56. The fraction of sp³-hybridized carbons (Fsp3) is 0.579. The molecular formula is C19H24N4O4. The van der Waals surface area contributed by atoms with Gasteiger partial charge in [0.25, 0.3) is 0 Å². The molecule has 1 aromatic carbocycles. The summed E-state index contributed by atoms with van der Waals surface area (Å²) in [4.78, 5) is 2.41. The van der Waals surface area contributed by atoms with Gasteiger partial charge in [-0.1, -0.05) is 5.21 Å². The van der Waals surface area contributed by atoms with E-state index in [0.717, 1.165) is 49.7 Å². The van der Waals surface area contributed by atoms with Crippen molar-refractivity contribution in [2.75, 3.05) is 19.9 Å². The second-order valence-electron chi connectivity index (χ2n) is 7.81. The lowest BCUT2D eigenvalue weighted by Crippen LogP contribution is -2.42. The quantitative estimate of drug-likeness (QED) is 0.863. The molecule has 1 saturated heterocycles. The molecule has 2 aliphatic heterocycles. The predicted octanol–water partition coefficient (Wildman–Crippen LogP) is 1.19. The maximum Gasteiger partial charge on any atom is 0.231 e. The first-order chi connectivity index (χ1) is 13.1. The molecule has 8 nitrogen and oxygen atoms in total. The van der Waals surface area contributed by atoms with Gasteiger partial charge in [0.1, 0.15) is 11.9 Å². The van der Waals surface area contributed by atoms with Crippen molar-refractivity contribution in [3.63, 3.8) is 0 Å². The first-order valence-corrected chi connectivity index (χ1v) is 9.46. The minimum Gasteiger partial charge on any atom is -0.488 e. The highest BCUT2D eigenvalue weighted by molar-refractivity contribution is 5.47. The molecule has 0 unspecified atom stereocenters. The Morgan fingerprint density at radius 3 is 2.81 bits per heavy atom. The first kappa shape index (κ1) is 16.8. The largest absolute Gasteiger partial charge is 0.488 e. The molecule has 4 atom stereocenters. The molecule has 0 spiro atoms. The van der Waals surface area contributed by atoms with Gasteiger partial charge in [0.05, 0.1) is 11.8 Å². The molecule has 0 radical (unpaired) electrons. The van der Waals surface area contributed by atoms with Gasteiger partial charge >= 0.3 is 0 Å². The van der Waals surface area contributed by atoms with E-state index in [0.29, 0.717) is 17.6 Å². The van der Waals surface area contributed by atoms with E-state index in [1.807, 2.05) is 31.4 Å². The molecule has 1 saturated carbocycles. The Morgan fingerprint density at radius 1 is 1.19 bits per heavy atom. The highest BCUT2D eigenvalue weighted by atomic mass is 16.7. The second kappa shape index (κ2) is 6.69. The van der Waals surface area contributed by atoms with E-state index < -0.39 is 6.10 Å². The minimum absolute atomic E-state index is 0.192. The lowest BCUT2D eigenvalue weighted by atomic mass is 9.78. The predicted molar refractivity (Wildman–Crippen MR) is 95.5 cm³/mol. The fourth-order valence-electron chi connectivity index (χ4n) is 4.56. The molecule has 1 aromatic heterocycles. The van der Waals surface area contributed by atoms with Crippen molar-refractivity contribution in [2.24, 2.45) is 18.9 Å². The molecule has 2 aromatic rings. The van der Waals surface area contributed by atoms with Crippen LogP contribution in [0, 0.1) is 11.8 Å². The molecule has 8 heteroatoms.